The van der Waals surface area contributed by atoms with Crippen LogP contribution in [0.1, 0.15) is 41.5 Å². The molecule has 1 aromatic carbocycles. The lowest BCUT2D eigenvalue weighted by atomic mass is 9.57. The third-order valence-corrected chi connectivity index (χ3v) is 6.41. The van der Waals surface area contributed by atoms with Crippen LogP contribution < -0.4 is 5.01 Å². The van der Waals surface area contributed by atoms with Gasteiger partial charge in [-0.1, -0.05) is 48.4 Å². The molecular weight excluding hydrogens is 258 g/mol. The van der Waals surface area contributed by atoms with Crippen LogP contribution in [0.25, 0.3) is 0 Å². The summed E-state index contributed by atoms with van der Waals surface area (Å²) in [6, 6.07) is 10.4. The fourth-order valence-corrected chi connectivity index (χ4v) is 4.11. The number of nitrogens with zero attached hydrogens (tertiary/aromatic N) is 3. The Morgan fingerprint density at radius 1 is 0.952 bits per heavy atom. The molecule has 112 valence electrons. The summed E-state index contributed by atoms with van der Waals surface area (Å²) in [6.07, 6.45) is 0. The van der Waals surface area contributed by atoms with E-state index < -0.39 is 0 Å². The predicted octanol–water partition coefficient (Wildman–Crippen LogP) is 5.01. The molecule has 1 aliphatic heterocycles. The lowest BCUT2D eigenvalue weighted by molar-refractivity contribution is 0.158. The molecule has 3 rings (SSSR count). The van der Waals surface area contributed by atoms with Gasteiger partial charge >= 0.3 is 0 Å². The van der Waals surface area contributed by atoms with Crippen molar-refractivity contribution >= 4 is 5.69 Å². The summed E-state index contributed by atoms with van der Waals surface area (Å²) in [4.78, 5) is 0. The third-order valence-electron chi connectivity index (χ3n) is 6.41. The minimum Gasteiger partial charge on any atom is -0.238 e. The molecule has 21 heavy (non-hydrogen) atoms. The molecule has 0 amide bonds. The van der Waals surface area contributed by atoms with Gasteiger partial charge in [-0.05, 0) is 39.8 Å². The van der Waals surface area contributed by atoms with Crippen LogP contribution in [0, 0.1) is 11.8 Å². The minimum atomic E-state index is -0.189. The Morgan fingerprint density at radius 3 is 2.14 bits per heavy atom. The van der Waals surface area contributed by atoms with Crippen LogP contribution in [0.2, 0.25) is 0 Å². The van der Waals surface area contributed by atoms with Crippen molar-refractivity contribution in [2.75, 3.05) is 5.01 Å². The van der Waals surface area contributed by atoms with E-state index in [9.17, 15) is 0 Å². The molecule has 1 aliphatic carbocycles. The van der Waals surface area contributed by atoms with Crippen LogP contribution in [0.4, 0.5) is 5.69 Å². The van der Waals surface area contributed by atoms with Crippen molar-refractivity contribution < 1.29 is 0 Å². The van der Waals surface area contributed by atoms with Crippen molar-refractivity contribution in [1.29, 1.82) is 0 Å². The number of rotatable bonds is 1. The summed E-state index contributed by atoms with van der Waals surface area (Å²) in [5, 5.41) is 11.5. The Bertz CT molecular complexity index is 619. The largest absolute Gasteiger partial charge is 0.238 e. The van der Waals surface area contributed by atoms with Crippen LogP contribution in [0.15, 0.2) is 51.8 Å². The van der Waals surface area contributed by atoms with E-state index in [1.807, 2.05) is 6.07 Å². The van der Waals surface area contributed by atoms with E-state index in [-0.39, 0.29) is 11.1 Å². The second-order valence-corrected chi connectivity index (χ2v) is 6.94. The van der Waals surface area contributed by atoms with E-state index >= 15 is 0 Å². The van der Waals surface area contributed by atoms with Gasteiger partial charge in [0.25, 0.3) is 0 Å². The molecule has 3 nitrogen and oxygen atoms in total. The molecule has 0 spiro atoms. The first kappa shape index (κ1) is 14.3. The summed E-state index contributed by atoms with van der Waals surface area (Å²) < 4.78 is 0. The molecule has 0 saturated carbocycles. The highest BCUT2D eigenvalue weighted by molar-refractivity contribution is 5.53. The van der Waals surface area contributed by atoms with Crippen LogP contribution in [0.3, 0.4) is 0 Å². The number of hydrogen-bond donors (Lipinski definition) is 0. The Kier molecular flexibility index (Phi) is 3.01. The van der Waals surface area contributed by atoms with Crippen LogP contribution in [-0.2, 0) is 0 Å². The molecular formula is C18H25N3. The van der Waals surface area contributed by atoms with Crippen LogP contribution >= 0.6 is 0 Å². The highest BCUT2D eigenvalue weighted by Gasteiger charge is 2.62. The second kappa shape index (κ2) is 4.43. The number of para-hydroxylation sites is 1. The van der Waals surface area contributed by atoms with Crippen molar-refractivity contribution in [2.45, 2.75) is 52.6 Å². The summed E-state index contributed by atoms with van der Waals surface area (Å²) in [5.41, 5.74) is 3.76. The van der Waals surface area contributed by atoms with E-state index in [0.717, 1.165) is 5.69 Å². The smallest absolute Gasteiger partial charge is 0.113 e. The monoisotopic (exact) mass is 283 g/mol. The SMILES string of the molecule is CC1=C(C)[C@H](C)[C@]2(C)N(c3ccccc3)N=N[C@@]2(C)[C@@H]1C. The fourth-order valence-electron chi connectivity index (χ4n) is 4.11. The maximum Gasteiger partial charge on any atom is 0.113 e. The first-order valence-corrected chi connectivity index (χ1v) is 7.79. The van der Waals surface area contributed by atoms with Gasteiger partial charge in [0.1, 0.15) is 5.54 Å². The van der Waals surface area contributed by atoms with Crippen molar-refractivity contribution in [1.82, 2.24) is 0 Å². The first-order chi connectivity index (χ1) is 9.84. The molecule has 1 heterocycles. The van der Waals surface area contributed by atoms with Crippen molar-refractivity contribution in [3.63, 3.8) is 0 Å². The summed E-state index contributed by atoms with van der Waals surface area (Å²) >= 11 is 0. The van der Waals surface area contributed by atoms with Crippen molar-refractivity contribution in [3.8, 4) is 0 Å². The topological polar surface area (TPSA) is 28.0 Å². The highest BCUT2D eigenvalue weighted by Crippen LogP contribution is 2.56. The zero-order chi connectivity index (χ0) is 15.4. The average molecular weight is 283 g/mol. The molecule has 0 aromatic heterocycles. The molecule has 0 bridgehead atoms. The lowest BCUT2D eigenvalue weighted by Crippen LogP contribution is -2.64. The number of anilines is 1. The Balaban J connectivity index is 2.17. The molecule has 2 aliphatic rings. The minimum absolute atomic E-state index is 0.128. The van der Waals surface area contributed by atoms with Gasteiger partial charge in [0.15, 0.2) is 0 Å². The quantitative estimate of drug-likeness (QED) is 0.665. The van der Waals surface area contributed by atoms with E-state index in [1.54, 1.807) is 0 Å². The molecule has 0 radical (unpaired) electrons. The van der Waals surface area contributed by atoms with E-state index in [4.69, 9.17) is 5.11 Å². The van der Waals surface area contributed by atoms with Gasteiger partial charge in [-0.25, -0.2) is 5.01 Å². The molecule has 0 N–H and O–H groups in total. The molecule has 4 atom stereocenters. The van der Waals surface area contributed by atoms with Crippen molar-refractivity contribution in [2.24, 2.45) is 22.2 Å². The van der Waals surface area contributed by atoms with Gasteiger partial charge in [0.05, 0.1) is 11.2 Å². The van der Waals surface area contributed by atoms with Gasteiger partial charge in [-0.3, -0.25) is 0 Å². The fraction of sp³-hybridized carbons (Fsp3) is 0.556. The standard InChI is InChI=1S/C18H25N3/c1-12-13(2)15(4)18(6)17(5,14(12)3)19-20-21(18)16-10-8-7-9-11-16/h7-11,14-15H,1-6H3/t14-,15+,17+,18+/m1/s1. The summed E-state index contributed by atoms with van der Waals surface area (Å²) in [6.45, 7) is 13.7. The normalized spacial score (nSPS) is 38.9. The Morgan fingerprint density at radius 2 is 1.52 bits per heavy atom. The van der Waals surface area contributed by atoms with Gasteiger partial charge in [0, 0.05) is 11.8 Å². The number of fused-ring (bicyclic) bond motifs is 1. The van der Waals surface area contributed by atoms with Gasteiger partial charge in [-0.15, -0.1) is 0 Å². The molecule has 3 heteroatoms. The molecule has 0 saturated heterocycles. The number of hydrogen-bond acceptors (Lipinski definition) is 3. The average Bonchev–Trinajstić information content (AvgIpc) is 2.78. The maximum absolute atomic E-state index is 4.75. The predicted molar refractivity (Wildman–Crippen MR) is 87.3 cm³/mol. The van der Waals surface area contributed by atoms with Gasteiger partial charge in [0.2, 0.25) is 0 Å². The third kappa shape index (κ3) is 1.60. The van der Waals surface area contributed by atoms with Crippen LogP contribution in [-0.4, -0.2) is 11.1 Å². The second-order valence-electron chi connectivity index (χ2n) is 6.94. The molecule has 0 fully saturated rings. The first-order valence-electron chi connectivity index (χ1n) is 7.79. The highest BCUT2D eigenvalue weighted by atomic mass is 15.6. The maximum atomic E-state index is 4.75. The Labute approximate surface area is 127 Å². The van der Waals surface area contributed by atoms with Gasteiger partial charge in [-0.2, -0.15) is 5.11 Å². The van der Waals surface area contributed by atoms with Crippen molar-refractivity contribution in [3.05, 3.63) is 41.5 Å². The summed E-state index contributed by atoms with van der Waals surface area (Å²) in [5.74, 6) is 0.810. The Hall–Kier alpha value is -1.64. The zero-order valence-corrected chi connectivity index (χ0v) is 13.9. The van der Waals surface area contributed by atoms with E-state index in [0.29, 0.717) is 11.8 Å². The summed E-state index contributed by atoms with van der Waals surface area (Å²) in [7, 11) is 0. The van der Waals surface area contributed by atoms with E-state index in [1.165, 1.54) is 11.1 Å². The van der Waals surface area contributed by atoms with E-state index in [2.05, 4.69) is 76.0 Å². The van der Waals surface area contributed by atoms with Crippen LogP contribution in [0.5, 0.6) is 0 Å². The molecule has 0 unspecified atom stereocenters. The zero-order valence-electron chi connectivity index (χ0n) is 13.9. The number of benzene rings is 1. The molecule has 1 aromatic rings. The lowest BCUT2D eigenvalue weighted by Gasteiger charge is -2.53. The van der Waals surface area contributed by atoms with Gasteiger partial charge < -0.3 is 0 Å².